The maximum Gasteiger partial charge on any atom is 0.351 e. The second-order valence-electron chi connectivity index (χ2n) is 14.6. The predicted octanol–water partition coefficient (Wildman–Crippen LogP) is 12.1. The summed E-state index contributed by atoms with van der Waals surface area (Å²) >= 11 is 0. The van der Waals surface area contributed by atoms with Crippen molar-refractivity contribution in [3.8, 4) is 0 Å². The topological polar surface area (TPSA) is 105 Å². The molecule has 0 fully saturated rings. The van der Waals surface area contributed by atoms with Crippen molar-refractivity contribution < 1.29 is 38.1 Å². The average Bonchev–Trinajstić information content (AvgIpc) is 3.11. The van der Waals surface area contributed by atoms with Gasteiger partial charge in [-0.1, -0.05) is 182 Å². The monoisotopic (exact) mass is 725 g/mol. The number of carbonyl (C=O) groups is 4. The minimum absolute atomic E-state index is 0.0979. The predicted molar refractivity (Wildman–Crippen MR) is 208 cm³/mol. The minimum atomic E-state index is -2.12. The first-order valence-corrected chi connectivity index (χ1v) is 21.5. The molecular formula is C43H80O8. The lowest BCUT2D eigenvalue weighted by atomic mass is 9.94. The molecule has 0 saturated heterocycles. The van der Waals surface area contributed by atoms with E-state index >= 15 is 0 Å². The Hall–Kier alpha value is -2.12. The van der Waals surface area contributed by atoms with Gasteiger partial charge in [0.05, 0.1) is 32.7 Å². The minimum Gasteiger partial charge on any atom is -0.466 e. The van der Waals surface area contributed by atoms with Crippen molar-refractivity contribution in [1.82, 2.24) is 0 Å². The van der Waals surface area contributed by atoms with Crippen LogP contribution in [0.15, 0.2) is 0 Å². The highest BCUT2D eigenvalue weighted by molar-refractivity contribution is 5.92. The second kappa shape index (κ2) is 36.2. The summed E-state index contributed by atoms with van der Waals surface area (Å²) in [7, 11) is 0. The third-order valence-electron chi connectivity index (χ3n) is 9.53. The Labute approximate surface area is 313 Å². The lowest BCUT2D eigenvalue weighted by molar-refractivity contribution is -0.191. The van der Waals surface area contributed by atoms with Gasteiger partial charge in [-0.3, -0.25) is 14.4 Å². The Bertz CT molecular complexity index is 808. The highest BCUT2D eigenvalue weighted by atomic mass is 16.6. The van der Waals surface area contributed by atoms with E-state index in [1.54, 1.807) is 0 Å². The second-order valence-corrected chi connectivity index (χ2v) is 14.6. The van der Waals surface area contributed by atoms with Crippen LogP contribution in [-0.2, 0) is 38.1 Å². The van der Waals surface area contributed by atoms with E-state index in [0.29, 0.717) is 25.7 Å². The molecule has 8 heteroatoms. The molecule has 0 heterocycles. The van der Waals surface area contributed by atoms with Crippen molar-refractivity contribution in [2.75, 3.05) is 19.8 Å². The SMILES string of the molecule is CCCCCCCCCOC(=O)CC(CC(=O)OCCCCCCCCC)(OC(=O)CCCCCCCCC)C(=O)OCCCCCCCCC. The van der Waals surface area contributed by atoms with Crippen molar-refractivity contribution in [1.29, 1.82) is 0 Å². The Kier molecular flexibility index (Phi) is 34.7. The van der Waals surface area contributed by atoms with Gasteiger partial charge in [0.1, 0.15) is 0 Å². The third-order valence-corrected chi connectivity index (χ3v) is 9.53. The lowest BCUT2D eigenvalue weighted by Gasteiger charge is -2.30. The summed E-state index contributed by atoms with van der Waals surface area (Å²) in [6.45, 7) is 9.29. The molecule has 0 rings (SSSR count). The van der Waals surface area contributed by atoms with Crippen LogP contribution in [0, 0.1) is 0 Å². The number of rotatable bonds is 38. The fraction of sp³-hybridized carbons (Fsp3) is 0.907. The summed E-state index contributed by atoms with van der Waals surface area (Å²) in [4.78, 5) is 53.5. The van der Waals surface area contributed by atoms with E-state index < -0.39 is 42.3 Å². The van der Waals surface area contributed by atoms with Gasteiger partial charge in [0, 0.05) is 6.42 Å². The van der Waals surface area contributed by atoms with E-state index in [4.69, 9.17) is 18.9 Å². The van der Waals surface area contributed by atoms with Gasteiger partial charge in [-0.25, -0.2) is 4.79 Å². The molecule has 51 heavy (non-hydrogen) atoms. The first kappa shape index (κ1) is 48.9. The average molecular weight is 725 g/mol. The fourth-order valence-electron chi connectivity index (χ4n) is 6.23. The maximum atomic E-state index is 13.8. The van der Waals surface area contributed by atoms with Crippen LogP contribution in [0.1, 0.15) is 227 Å². The van der Waals surface area contributed by atoms with Crippen LogP contribution in [-0.4, -0.2) is 49.3 Å². The summed E-state index contributed by atoms with van der Waals surface area (Å²) < 4.78 is 22.6. The first-order chi connectivity index (χ1) is 24.8. The number of hydrogen-bond acceptors (Lipinski definition) is 8. The van der Waals surface area contributed by atoms with Crippen LogP contribution in [0.4, 0.5) is 0 Å². The highest BCUT2D eigenvalue weighted by Gasteiger charge is 2.49. The Morgan fingerprint density at radius 1 is 0.353 bits per heavy atom. The largest absolute Gasteiger partial charge is 0.466 e. The van der Waals surface area contributed by atoms with Crippen LogP contribution >= 0.6 is 0 Å². The highest BCUT2D eigenvalue weighted by Crippen LogP contribution is 2.27. The molecule has 300 valence electrons. The normalized spacial score (nSPS) is 11.4. The summed E-state index contributed by atoms with van der Waals surface area (Å²) in [5.41, 5.74) is -2.12. The Morgan fingerprint density at radius 2 is 0.647 bits per heavy atom. The third kappa shape index (κ3) is 30.1. The van der Waals surface area contributed by atoms with E-state index in [0.717, 1.165) is 77.0 Å². The van der Waals surface area contributed by atoms with Gasteiger partial charge in [0.25, 0.3) is 0 Å². The van der Waals surface area contributed by atoms with Gasteiger partial charge in [-0.15, -0.1) is 0 Å². The zero-order chi connectivity index (χ0) is 37.7. The van der Waals surface area contributed by atoms with Crippen LogP contribution in [0.2, 0.25) is 0 Å². The molecule has 0 atom stereocenters. The van der Waals surface area contributed by atoms with Gasteiger partial charge in [-0.05, 0) is 25.7 Å². The van der Waals surface area contributed by atoms with Gasteiger partial charge in [0.2, 0.25) is 5.60 Å². The molecule has 0 N–H and O–H groups in total. The summed E-state index contributed by atoms with van der Waals surface area (Å²) in [6, 6.07) is 0. The number of hydrogen-bond donors (Lipinski definition) is 0. The summed E-state index contributed by atoms with van der Waals surface area (Å²) in [5.74, 6) is -2.85. The number of carbonyl (C=O) groups excluding carboxylic acids is 4. The zero-order valence-electron chi connectivity index (χ0n) is 33.8. The van der Waals surface area contributed by atoms with E-state index in [1.807, 2.05) is 0 Å². The van der Waals surface area contributed by atoms with Crippen LogP contribution in [0.3, 0.4) is 0 Å². The Morgan fingerprint density at radius 3 is 1.00 bits per heavy atom. The Balaban J connectivity index is 5.56. The zero-order valence-corrected chi connectivity index (χ0v) is 33.8. The molecule has 0 aliphatic heterocycles. The van der Waals surface area contributed by atoms with E-state index in [9.17, 15) is 19.2 Å². The molecule has 0 spiro atoms. The smallest absolute Gasteiger partial charge is 0.351 e. The van der Waals surface area contributed by atoms with E-state index in [1.165, 1.54) is 77.0 Å². The van der Waals surface area contributed by atoms with Crippen molar-refractivity contribution in [3.05, 3.63) is 0 Å². The van der Waals surface area contributed by atoms with Gasteiger partial charge in [0.15, 0.2) is 0 Å². The molecule has 8 nitrogen and oxygen atoms in total. The molecule has 0 amide bonds. The first-order valence-electron chi connectivity index (χ1n) is 21.5. The number of unbranched alkanes of at least 4 members (excludes halogenated alkanes) is 24. The summed E-state index contributed by atoms with van der Waals surface area (Å²) in [5, 5.41) is 0. The van der Waals surface area contributed by atoms with Gasteiger partial charge in [-0.2, -0.15) is 0 Å². The molecule has 0 saturated carbocycles. The molecule has 0 aromatic carbocycles. The van der Waals surface area contributed by atoms with E-state index in [2.05, 4.69) is 27.7 Å². The van der Waals surface area contributed by atoms with Crippen molar-refractivity contribution in [2.24, 2.45) is 0 Å². The number of ether oxygens (including phenoxy) is 4. The van der Waals surface area contributed by atoms with Crippen molar-refractivity contribution in [2.45, 2.75) is 232 Å². The molecule has 0 bridgehead atoms. The van der Waals surface area contributed by atoms with E-state index in [-0.39, 0.29) is 26.2 Å². The molecular weight excluding hydrogens is 644 g/mol. The lowest BCUT2D eigenvalue weighted by Crippen LogP contribution is -2.48. The van der Waals surface area contributed by atoms with Gasteiger partial charge >= 0.3 is 23.9 Å². The molecule has 0 aromatic heterocycles. The molecule has 0 aromatic rings. The molecule has 0 unspecified atom stereocenters. The number of esters is 4. The molecule has 0 aliphatic carbocycles. The van der Waals surface area contributed by atoms with Crippen LogP contribution in [0.25, 0.3) is 0 Å². The summed E-state index contributed by atoms with van der Waals surface area (Å²) in [6.07, 6.45) is 28.5. The van der Waals surface area contributed by atoms with Crippen molar-refractivity contribution in [3.63, 3.8) is 0 Å². The fourth-order valence-corrected chi connectivity index (χ4v) is 6.23. The maximum absolute atomic E-state index is 13.8. The van der Waals surface area contributed by atoms with Crippen LogP contribution < -0.4 is 0 Å². The quantitative estimate of drug-likeness (QED) is 0.0352. The van der Waals surface area contributed by atoms with Gasteiger partial charge < -0.3 is 18.9 Å². The molecule has 0 aliphatic rings. The standard InChI is InChI=1S/C43H80O8/c1-5-9-13-17-21-25-29-33-39(44)51-43(42(47)50-36-32-28-24-20-16-12-8-4,37-40(45)48-34-30-26-22-18-14-10-6-2)38-41(46)49-35-31-27-23-19-15-11-7-3/h5-38H2,1-4H3. The molecule has 0 radical (unpaired) electrons. The van der Waals surface area contributed by atoms with Crippen LogP contribution in [0.5, 0.6) is 0 Å². The van der Waals surface area contributed by atoms with Crippen molar-refractivity contribution >= 4 is 23.9 Å².